The number of nitriles is 1. The van der Waals surface area contributed by atoms with Crippen LogP contribution < -0.4 is 15.2 Å². The molecule has 28 heavy (non-hydrogen) atoms. The molecule has 9 heteroatoms. The van der Waals surface area contributed by atoms with Crippen LogP contribution in [0.25, 0.3) is 10.8 Å². The summed E-state index contributed by atoms with van der Waals surface area (Å²) in [4.78, 5) is 14.6. The van der Waals surface area contributed by atoms with Crippen LogP contribution in [-0.2, 0) is 16.4 Å². The molecule has 0 amide bonds. The Morgan fingerprint density at radius 2 is 2.11 bits per heavy atom. The van der Waals surface area contributed by atoms with Crippen molar-refractivity contribution < 1.29 is 8.42 Å². The molecule has 0 spiro atoms. The quantitative estimate of drug-likeness (QED) is 0.685. The highest BCUT2D eigenvalue weighted by molar-refractivity contribution is 7.93. The summed E-state index contributed by atoms with van der Waals surface area (Å²) in [7, 11) is -2.28. The Bertz CT molecular complexity index is 1330. The topological polar surface area (TPSA) is 106 Å². The number of H-pyrrole nitrogens is 1. The third-order valence-corrected chi connectivity index (χ3v) is 7.02. The van der Waals surface area contributed by atoms with E-state index in [1.807, 2.05) is 0 Å². The van der Waals surface area contributed by atoms with Gasteiger partial charge in [0, 0.05) is 41.8 Å². The molecule has 0 saturated carbocycles. The summed E-state index contributed by atoms with van der Waals surface area (Å²) in [5, 5.41) is 12.9. The van der Waals surface area contributed by atoms with Crippen LogP contribution in [0.1, 0.15) is 11.1 Å². The molecule has 2 heterocycles. The van der Waals surface area contributed by atoms with Gasteiger partial charge in [-0.2, -0.15) is 5.26 Å². The summed E-state index contributed by atoms with van der Waals surface area (Å²) in [6.45, 7) is 0.235. The van der Waals surface area contributed by atoms with E-state index in [1.54, 1.807) is 19.2 Å². The van der Waals surface area contributed by atoms with Crippen LogP contribution in [0.4, 0.5) is 11.4 Å². The molecule has 2 N–H and O–H groups in total. The van der Waals surface area contributed by atoms with Crippen LogP contribution in [0.15, 0.2) is 46.2 Å². The summed E-state index contributed by atoms with van der Waals surface area (Å²) >= 11 is 6.24. The molecular weight excluding hydrogens is 400 g/mol. The number of benzene rings is 2. The Balaban J connectivity index is 1.97. The van der Waals surface area contributed by atoms with E-state index in [4.69, 9.17) is 11.6 Å². The van der Waals surface area contributed by atoms with Crippen LogP contribution in [0.5, 0.6) is 0 Å². The van der Waals surface area contributed by atoms with Crippen molar-refractivity contribution in [3.63, 3.8) is 0 Å². The second kappa shape index (κ2) is 6.55. The van der Waals surface area contributed by atoms with Gasteiger partial charge in [0.05, 0.1) is 27.2 Å². The van der Waals surface area contributed by atoms with Crippen LogP contribution in [-0.4, -0.2) is 27.0 Å². The minimum atomic E-state index is -4.01. The maximum Gasteiger partial charge on any atom is 0.265 e. The first kappa shape index (κ1) is 18.3. The molecule has 0 fully saturated rings. The van der Waals surface area contributed by atoms with Crippen molar-refractivity contribution in [3.8, 4) is 6.07 Å². The average molecular weight is 415 g/mol. The monoisotopic (exact) mass is 414 g/mol. The Morgan fingerprint density at radius 1 is 1.32 bits per heavy atom. The van der Waals surface area contributed by atoms with Gasteiger partial charge in [0.15, 0.2) is 0 Å². The van der Waals surface area contributed by atoms with Crippen molar-refractivity contribution in [1.29, 1.82) is 5.26 Å². The molecule has 0 unspecified atom stereocenters. The van der Waals surface area contributed by atoms with Gasteiger partial charge in [-0.3, -0.25) is 9.10 Å². The van der Waals surface area contributed by atoms with Gasteiger partial charge in [-0.1, -0.05) is 17.7 Å². The van der Waals surface area contributed by atoms with Gasteiger partial charge < -0.3 is 10.3 Å². The largest absolute Gasteiger partial charge is 0.388 e. The summed E-state index contributed by atoms with van der Waals surface area (Å²) in [6.07, 6.45) is 1.80. The number of sulfonamides is 1. The number of halogens is 1. The first-order chi connectivity index (χ1) is 13.4. The molecule has 1 aliphatic heterocycles. The summed E-state index contributed by atoms with van der Waals surface area (Å²) in [5.41, 5.74) is 1.95. The molecule has 2 aromatic carbocycles. The number of pyridine rings is 1. The molecule has 1 aromatic heterocycles. The number of hydrogen-bond donors (Lipinski definition) is 2. The van der Waals surface area contributed by atoms with Crippen molar-refractivity contribution in [2.45, 2.75) is 11.3 Å². The fourth-order valence-electron chi connectivity index (χ4n) is 3.59. The van der Waals surface area contributed by atoms with E-state index < -0.39 is 15.6 Å². The fourth-order valence-corrected chi connectivity index (χ4v) is 5.63. The fraction of sp³-hybridized carbons (Fsp3) is 0.158. The number of nitrogens with one attached hydrogen (secondary N) is 2. The summed E-state index contributed by atoms with van der Waals surface area (Å²) in [5.74, 6) is 0. The average Bonchev–Trinajstić information content (AvgIpc) is 3.14. The first-order valence-electron chi connectivity index (χ1n) is 8.46. The lowest BCUT2D eigenvalue weighted by Gasteiger charge is -2.21. The van der Waals surface area contributed by atoms with Crippen LogP contribution in [0.3, 0.4) is 0 Å². The van der Waals surface area contributed by atoms with Gasteiger partial charge in [-0.25, -0.2) is 8.42 Å². The van der Waals surface area contributed by atoms with E-state index in [0.717, 1.165) is 11.3 Å². The summed E-state index contributed by atoms with van der Waals surface area (Å²) < 4.78 is 28.3. The number of nitrogens with zero attached hydrogens (tertiary/aromatic N) is 2. The number of aromatic nitrogens is 1. The first-order valence-corrected chi connectivity index (χ1v) is 10.3. The Kier molecular flexibility index (Phi) is 4.29. The molecule has 0 atom stereocenters. The van der Waals surface area contributed by atoms with Gasteiger partial charge in [0.1, 0.15) is 0 Å². The number of rotatable bonds is 3. The predicted octanol–water partition coefficient (Wildman–Crippen LogP) is 2.85. The lowest BCUT2D eigenvalue weighted by molar-refractivity contribution is 0.593. The van der Waals surface area contributed by atoms with Gasteiger partial charge in [0.25, 0.3) is 15.6 Å². The maximum absolute atomic E-state index is 13.5. The van der Waals surface area contributed by atoms with Crippen molar-refractivity contribution in [2.75, 3.05) is 23.2 Å². The highest BCUT2D eigenvalue weighted by atomic mass is 35.5. The number of anilines is 2. The smallest absolute Gasteiger partial charge is 0.265 e. The van der Waals surface area contributed by atoms with E-state index in [2.05, 4.69) is 16.4 Å². The molecule has 0 bridgehead atoms. The van der Waals surface area contributed by atoms with E-state index in [9.17, 15) is 18.5 Å². The molecule has 0 radical (unpaired) electrons. The molecule has 7 nitrogen and oxygen atoms in total. The van der Waals surface area contributed by atoms with E-state index in [0.29, 0.717) is 17.7 Å². The number of aromatic amines is 1. The molecule has 4 rings (SSSR count). The Labute approximate surface area is 166 Å². The van der Waals surface area contributed by atoms with Crippen molar-refractivity contribution in [3.05, 3.63) is 63.0 Å². The second-order valence-corrected chi connectivity index (χ2v) is 8.59. The zero-order valence-electron chi connectivity index (χ0n) is 14.8. The van der Waals surface area contributed by atoms with Crippen LogP contribution >= 0.6 is 11.6 Å². The van der Waals surface area contributed by atoms with Crippen molar-refractivity contribution >= 4 is 43.8 Å². The summed E-state index contributed by atoms with van der Waals surface area (Å²) in [6, 6.07) is 9.82. The molecule has 0 aliphatic carbocycles. The van der Waals surface area contributed by atoms with Crippen molar-refractivity contribution in [2.24, 2.45) is 0 Å². The molecule has 0 saturated heterocycles. The van der Waals surface area contributed by atoms with E-state index in [-0.39, 0.29) is 27.2 Å². The normalized spacial score (nSPS) is 13.4. The molecule has 142 valence electrons. The Morgan fingerprint density at radius 3 is 2.82 bits per heavy atom. The van der Waals surface area contributed by atoms with E-state index in [1.165, 1.54) is 28.7 Å². The SMILES string of the molecule is CNc1cc(C#N)cc2c1CCN2S(=O)(=O)c1cccc2c(=O)[nH]cc(Cl)c12. The minimum absolute atomic E-state index is 0.0395. The number of hydrogen-bond acceptors (Lipinski definition) is 5. The number of fused-ring (bicyclic) bond motifs is 2. The lowest BCUT2D eigenvalue weighted by Crippen LogP contribution is -2.29. The molecule has 1 aliphatic rings. The predicted molar refractivity (Wildman–Crippen MR) is 109 cm³/mol. The minimum Gasteiger partial charge on any atom is -0.388 e. The molecular formula is C19H15ClN4O3S. The standard InChI is InChI=1S/C19H15ClN4O3S/c1-22-15-7-11(9-21)8-16-12(15)5-6-24(16)28(26,27)17-4-2-3-13-18(17)14(20)10-23-19(13)25/h2-4,7-8,10,22H,5-6H2,1H3,(H,23,25). The molecule has 3 aromatic rings. The van der Waals surface area contributed by atoms with Crippen molar-refractivity contribution in [1.82, 2.24) is 4.98 Å². The third kappa shape index (κ3) is 2.63. The van der Waals surface area contributed by atoms with Gasteiger partial charge >= 0.3 is 0 Å². The zero-order valence-corrected chi connectivity index (χ0v) is 16.4. The van der Waals surface area contributed by atoms with Gasteiger partial charge in [-0.05, 0) is 30.7 Å². The van der Waals surface area contributed by atoms with Gasteiger partial charge in [-0.15, -0.1) is 0 Å². The Hall–Kier alpha value is -3.02. The highest BCUT2D eigenvalue weighted by Crippen LogP contribution is 2.39. The second-order valence-electron chi connectivity index (χ2n) is 6.35. The zero-order chi connectivity index (χ0) is 20.1. The van der Waals surface area contributed by atoms with E-state index >= 15 is 0 Å². The van der Waals surface area contributed by atoms with Crippen LogP contribution in [0, 0.1) is 11.3 Å². The lowest BCUT2D eigenvalue weighted by atomic mass is 10.1. The highest BCUT2D eigenvalue weighted by Gasteiger charge is 2.34. The van der Waals surface area contributed by atoms with Gasteiger partial charge in [0.2, 0.25) is 0 Å². The maximum atomic E-state index is 13.5. The third-order valence-electron chi connectivity index (χ3n) is 4.87. The van der Waals surface area contributed by atoms with Crippen LogP contribution in [0.2, 0.25) is 5.02 Å².